The molecular formula is C13H22N4O. The molecule has 4 N–H and O–H groups in total. The zero-order valence-corrected chi connectivity index (χ0v) is 11.3. The number of amides is 1. The Kier molecular flexibility index (Phi) is 3.59. The predicted octanol–water partition coefficient (Wildman–Crippen LogP) is 1.72. The number of rotatable bonds is 3. The van der Waals surface area contributed by atoms with Crippen molar-refractivity contribution in [3.05, 3.63) is 11.4 Å². The smallest absolute Gasteiger partial charge is 0.274 e. The number of carbonyl (C=O) groups is 1. The van der Waals surface area contributed by atoms with Gasteiger partial charge < -0.3 is 11.1 Å². The van der Waals surface area contributed by atoms with Crippen molar-refractivity contribution < 1.29 is 4.79 Å². The second kappa shape index (κ2) is 5.00. The molecule has 1 aliphatic carbocycles. The molecule has 1 aromatic heterocycles. The first-order valence-electron chi connectivity index (χ1n) is 6.68. The molecule has 1 aliphatic rings. The maximum absolute atomic E-state index is 12.1. The van der Waals surface area contributed by atoms with Crippen LogP contribution in [-0.4, -0.2) is 22.1 Å². The monoisotopic (exact) mass is 250 g/mol. The van der Waals surface area contributed by atoms with E-state index in [9.17, 15) is 4.79 Å². The normalized spacial score (nSPS) is 27.4. The summed E-state index contributed by atoms with van der Waals surface area (Å²) >= 11 is 0. The highest BCUT2D eigenvalue weighted by Gasteiger charge is 2.31. The first-order valence-corrected chi connectivity index (χ1v) is 6.68. The third-order valence-corrected chi connectivity index (χ3v) is 4.23. The number of carbonyl (C=O) groups excluding carboxylic acids is 1. The fourth-order valence-corrected chi connectivity index (χ4v) is 2.63. The number of nitrogens with one attached hydrogen (secondary N) is 2. The van der Waals surface area contributed by atoms with Gasteiger partial charge in [-0.3, -0.25) is 9.89 Å². The first-order chi connectivity index (χ1) is 8.54. The Hall–Kier alpha value is -1.52. The highest BCUT2D eigenvalue weighted by molar-refractivity contribution is 5.97. The molecule has 100 valence electrons. The van der Waals surface area contributed by atoms with Crippen molar-refractivity contribution in [3.8, 4) is 0 Å². The van der Waals surface area contributed by atoms with Crippen LogP contribution in [0, 0.1) is 11.8 Å². The Bertz CT molecular complexity index is 440. The van der Waals surface area contributed by atoms with Crippen molar-refractivity contribution in [2.75, 3.05) is 5.73 Å². The minimum absolute atomic E-state index is 0.158. The van der Waals surface area contributed by atoms with Crippen LogP contribution in [0.25, 0.3) is 0 Å². The van der Waals surface area contributed by atoms with Crippen LogP contribution in [0.5, 0.6) is 0 Å². The van der Waals surface area contributed by atoms with E-state index in [0.29, 0.717) is 23.2 Å². The highest BCUT2D eigenvalue weighted by Crippen LogP contribution is 2.31. The summed E-state index contributed by atoms with van der Waals surface area (Å²) < 4.78 is 0. The van der Waals surface area contributed by atoms with Gasteiger partial charge in [0.05, 0.1) is 11.4 Å². The summed E-state index contributed by atoms with van der Waals surface area (Å²) in [5.74, 6) is 1.02. The molecule has 3 unspecified atom stereocenters. The first kappa shape index (κ1) is 12.9. The molecule has 2 rings (SSSR count). The summed E-state index contributed by atoms with van der Waals surface area (Å²) in [7, 11) is 0. The van der Waals surface area contributed by atoms with Gasteiger partial charge in [0.15, 0.2) is 5.69 Å². The Morgan fingerprint density at radius 1 is 1.50 bits per heavy atom. The zero-order valence-electron chi connectivity index (χ0n) is 11.3. The molecule has 1 fully saturated rings. The van der Waals surface area contributed by atoms with Crippen LogP contribution in [0.4, 0.5) is 5.69 Å². The third-order valence-electron chi connectivity index (χ3n) is 4.23. The molecule has 5 nitrogen and oxygen atoms in total. The minimum atomic E-state index is -0.158. The molecule has 0 aliphatic heterocycles. The van der Waals surface area contributed by atoms with E-state index in [1.54, 1.807) is 0 Å². The van der Waals surface area contributed by atoms with Crippen molar-refractivity contribution in [1.82, 2.24) is 15.5 Å². The van der Waals surface area contributed by atoms with Crippen molar-refractivity contribution >= 4 is 11.6 Å². The largest absolute Gasteiger partial charge is 0.395 e. The van der Waals surface area contributed by atoms with Gasteiger partial charge in [-0.25, -0.2) is 0 Å². The van der Waals surface area contributed by atoms with Crippen LogP contribution in [0.15, 0.2) is 0 Å². The number of hydrogen-bond acceptors (Lipinski definition) is 3. The van der Waals surface area contributed by atoms with E-state index in [0.717, 1.165) is 18.5 Å². The summed E-state index contributed by atoms with van der Waals surface area (Å²) in [5, 5.41) is 9.88. The van der Waals surface area contributed by atoms with Gasteiger partial charge in [0.25, 0.3) is 5.91 Å². The number of nitrogen functional groups attached to an aromatic ring is 1. The summed E-state index contributed by atoms with van der Waals surface area (Å²) in [5.41, 5.74) is 7.54. The quantitative estimate of drug-likeness (QED) is 0.763. The molecule has 0 bridgehead atoms. The van der Waals surface area contributed by atoms with E-state index >= 15 is 0 Å². The third kappa shape index (κ3) is 2.21. The summed E-state index contributed by atoms with van der Waals surface area (Å²) in [6.07, 6.45) is 2.96. The van der Waals surface area contributed by atoms with E-state index in [1.807, 2.05) is 6.92 Å². The van der Waals surface area contributed by atoms with E-state index in [4.69, 9.17) is 5.73 Å². The maximum atomic E-state index is 12.1. The Balaban J connectivity index is 2.06. The van der Waals surface area contributed by atoms with Gasteiger partial charge >= 0.3 is 0 Å². The van der Waals surface area contributed by atoms with Gasteiger partial charge in [-0.2, -0.15) is 5.10 Å². The number of aryl methyl sites for hydroxylation is 1. The SMILES string of the molecule is CCc1[nH]nc(C(=O)NC2CCC(C)C2C)c1N. The average molecular weight is 250 g/mol. The van der Waals surface area contributed by atoms with Gasteiger partial charge in [-0.15, -0.1) is 0 Å². The van der Waals surface area contributed by atoms with Gasteiger partial charge in [-0.1, -0.05) is 20.8 Å². The number of nitrogens with two attached hydrogens (primary N) is 1. The molecule has 0 aromatic carbocycles. The number of hydrogen-bond donors (Lipinski definition) is 3. The Labute approximate surface area is 108 Å². The molecule has 5 heteroatoms. The molecule has 0 saturated heterocycles. The van der Waals surface area contributed by atoms with Crippen molar-refractivity contribution in [2.24, 2.45) is 11.8 Å². The highest BCUT2D eigenvalue weighted by atomic mass is 16.2. The van der Waals surface area contributed by atoms with E-state index in [-0.39, 0.29) is 11.9 Å². The van der Waals surface area contributed by atoms with Crippen LogP contribution in [0.1, 0.15) is 49.8 Å². The molecule has 1 amide bonds. The lowest BCUT2D eigenvalue weighted by Gasteiger charge is -2.19. The summed E-state index contributed by atoms with van der Waals surface area (Å²) in [4.78, 5) is 12.1. The second-order valence-electron chi connectivity index (χ2n) is 5.31. The van der Waals surface area contributed by atoms with E-state index in [1.165, 1.54) is 6.42 Å². The second-order valence-corrected chi connectivity index (χ2v) is 5.31. The zero-order chi connectivity index (χ0) is 13.3. The fraction of sp³-hybridized carbons (Fsp3) is 0.692. The number of anilines is 1. The molecule has 1 saturated carbocycles. The molecule has 3 atom stereocenters. The standard InChI is InChI=1S/C13H22N4O/c1-4-9-11(14)12(17-16-9)13(18)15-10-6-5-7(2)8(10)3/h7-8,10H,4-6,14H2,1-3H3,(H,15,18)(H,16,17). The van der Waals surface area contributed by atoms with E-state index in [2.05, 4.69) is 29.4 Å². The van der Waals surface area contributed by atoms with Crippen LogP contribution in [0.3, 0.4) is 0 Å². The summed E-state index contributed by atoms with van der Waals surface area (Å²) in [6.45, 7) is 6.40. The lowest BCUT2D eigenvalue weighted by molar-refractivity contribution is 0.0923. The number of nitrogens with zero attached hydrogens (tertiary/aromatic N) is 1. The molecule has 1 aromatic rings. The average Bonchev–Trinajstić information content (AvgIpc) is 2.86. The molecule has 1 heterocycles. The van der Waals surface area contributed by atoms with Crippen molar-refractivity contribution in [2.45, 2.75) is 46.1 Å². The summed E-state index contributed by atoms with van der Waals surface area (Å²) in [6, 6.07) is 0.244. The van der Waals surface area contributed by atoms with Gasteiger partial charge in [0.1, 0.15) is 0 Å². The molecule has 18 heavy (non-hydrogen) atoms. The predicted molar refractivity (Wildman–Crippen MR) is 71.2 cm³/mol. The molecular weight excluding hydrogens is 228 g/mol. The van der Waals surface area contributed by atoms with Crippen LogP contribution < -0.4 is 11.1 Å². The number of H-pyrrole nitrogens is 1. The van der Waals surface area contributed by atoms with Gasteiger partial charge in [0.2, 0.25) is 0 Å². The lowest BCUT2D eigenvalue weighted by Crippen LogP contribution is -2.37. The van der Waals surface area contributed by atoms with Crippen LogP contribution in [0.2, 0.25) is 0 Å². The number of aromatic amines is 1. The van der Waals surface area contributed by atoms with Crippen molar-refractivity contribution in [1.29, 1.82) is 0 Å². The molecule has 0 spiro atoms. The fourth-order valence-electron chi connectivity index (χ4n) is 2.63. The lowest BCUT2D eigenvalue weighted by atomic mass is 9.98. The topological polar surface area (TPSA) is 83.8 Å². The van der Waals surface area contributed by atoms with Gasteiger partial charge in [-0.05, 0) is 31.1 Å². The van der Waals surface area contributed by atoms with Crippen LogP contribution in [-0.2, 0) is 6.42 Å². The maximum Gasteiger partial charge on any atom is 0.274 e. The Morgan fingerprint density at radius 3 is 2.72 bits per heavy atom. The van der Waals surface area contributed by atoms with Crippen LogP contribution >= 0.6 is 0 Å². The van der Waals surface area contributed by atoms with Crippen molar-refractivity contribution in [3.63, 3.8) is 0 Å². The molecule has 0 radical (unpaired) electrons. The minimum Gasteiger partial charge on any atom is -0.395 e. The number of aromatic nitrogens is 2. The van der Waals surface area contributed by atoms with E-state index < -0.39 is 0 Å². The Morgan fingerprint density at radius 2 is 2.22 bits per heavy atom. The van der Waals surface area contributed by atoms with Gasteiger partial charge in [0, 0.05) is 6.04 Å².